The molecule has 0 saturated carbocycles. The molecule has 31 heavy (non-hydrogen) atoms. The largest absolute Gasteiger partial charge is 0.497 e. The van der Waals surface area contributed by atoms with Gasteiger partial charge in [0.1, 0.15) is 11.5 Å². The third-order valence-electron chi connectivity index (χ3n) is 5.55. The molecule has 1 unspecified atom stereocenters. The monoisotopic (exact) mass is 420 g/mol. The van der Waals surface area contributed by atoms with Crippen molar-refractivity contribution >= 4 is 16.7 Å². The molecule has 1 aliphatic heterocycles. The van der Waals surface area contributed by atoms with Crippen molar-refractivity contribution in [2.75, 3.05) is 46.6 Å². The molecule has 1 saturated heterocycles. The Morgan fingerprint density at radius 2 is 1.81 bits per heavy atom. The number of ether oxygens (including phenoxy) is 3. The summed E-state index contributed by atoms with van der Waals surface area (Å²) < 4.78 is 16.6. The number of nitrogens with one attached hydrogen (secondary N) is 1. The lowest BCUT2D eigenvalue weighted by atomic mass is 10.0. The highest BCUT2D eigenvalue weighted by molar-refractivity contribution is 5.84. The number of carbonyl (C=O) groups excluding carboxylic acids is 1. The van der Waals surface area contributed by atoms with Crippen molar-refractivity contribution in [3.63, 3.8) is 0 Å². The highest BCUT2D eigenvalue weighted by Gasteiger charge is 2.23. The molecule has 3 aromatic rings. The van der Waals surface area contributed by atoms with E-state index in [-0.39, 0.29) is 18.6 Å². The second-order valence-corrected chi connectivity index (χ2v) is 7.54. The number of methoxy groups -OCH3 is 1. The smallest absolute Gasteiger partial charge is 0.258 e. The van der Waals surface area contributed by atoms with Crippen molar-refractivity contribution in [1.82, 2.24) is 10.2 Å². The Bertz CT molecular complexity index is 1020. The first-order chi connectivity index (χ1) is 15.2. The van der Waals surface area contributed by atoms with Crippen LogP contribution in [-0.4, -0.2) is 57.4 Å². The molecule has 1 N–H and O–H groups in total. The van der Waals surface area contributed by atoms with Gasteiger partial charge in [0, 0.05) is 19.6 Å². The van der Waals surface area contributed by atoms with Gasteiger partial charge in [-0.3, -0.25) is 9.69 Å². The topological polar surface area (TPSA) is 60.0 Å². The predicted octanol–water partition coefficient (Wildman–Crippen LogP) is 3.42. The van der Waals surface area contributed by atoms with E-state index in [1.54, 1.807) is 7.11 Å². The number of fused-ring (bicyclic) bond motifs is 1. The Morgan fingerprint density at radius 1 is 1.00 bits per heavy atom. The minimum absolute atomic E-state index is 0.0215. The molecule has 3 aromatic carbocycles. The second-order valence-electron chi connectivity index (χ2n) is 7.54. The van der Waals surface area contributed by atoms with E-state index >= 15 is 0 Å². The molecule has 0 aliphatic carbocycles. The lowest BCUT2D eigenvalue weighted by molar-refractivity contribution is -0.123. The molecule has 6 heteroatoms. The van der Waals surface area contributed by atoms with E-state index in [4.69, 9.17) is 14.2 Å². The van der Waals surface area contributed by atoms with Crippen molar-refractivity contribution in [2.45, 2.75) is 6.04 Å². The molecule has 0 radical (unpaired) electrons. The summed E-state index contributed by atoms with van der Waals surface area (Å²) in [7, 11) is 1.66. The van der Waals surface area contributed by atoms with Crippen molar-refractivity contribution in [3.05, 3.63) is 72.3 Å². The van der Waals surface area contributed by atoms with Gasteiger partial charge in [0.2, 0.25) is 0 Å². The molecule has 0 spiro atoms. The summed E-state index contributed by atoms with van der Waals surface area (Å²) in [5, 5.41) is 5.27. The van der Waals surface area contributed by atoms with Crippen LogP contribution in [0.3, 0.4) is 0 Å². The molecule has 6 nitrogen and oxygen atoms in total. The van der Waals surface area contributed by atoms with Crippen LogP contribution in [0.1, 0.15) is 11.6 Å². The molecular weight excluding hydrogens is 392 g/mol. The number of rotatable bonds is 8. The van der Waals surface area contributed by atoms with E-state index in [1.807, 2.05) is 54.6 Å². The quantitative estimate of drug-likeness (QED) is 0.605. The third kappa shape index (κ3) is 5.54. The Morgan fingerprint density at radius 3 is 2.61 bits per heavy atom. The van der Waals surface area contributed by atoms with E-state index < -0.39 is 0 Å². The molecule has 1 atom stereocenters. The maximum absolute atomic E-state index is 12.5. The Hall–Kier alpha value is -3.09. The fourth-order valence-electron chi connectivity index (χ4n) is 3.86. The van der Waals surface area contributed by atoms with Crippen LogP contribution < -0.4 is 14.8 Å². The predicted molar refractivity (Wildman–Crippen MR) is 121 cm³/mol. The number of hydrogen-bond donors (Lipinski definition) is 1. The van der Waals surface area contributed by atoms with Gasteiger partial charge in [0.05, 0.1) is 26.4 Å². The number of carbonyl (C=O) groups is 1. The molecule has 1 fully saturated rings. The Balaban J connectivity index is 1.37. The van der Waals surface area contributed by atoms with E-state index in [0.29, 0.717) is 25.5 Å². The van der Waals surface area contributed by atoms with Crippen LogP contribution in [0.4, 0.5) is 0 Å². The van der Waals surface area contributed by atoms with Gasteiger partial charge < -0.3 is 19.5 Å². The standard InChI is InChI=1S/C25H28N2O4/c1-29-22-8-4-7-21(16-22)24(27-11-13-30-14-12-27)17-26-25(28)18-31-23-10-9-19-5-2-3-6-20(19)15-23/h2-10,15-16,24H,11-14,17-18H2,1H3,(H,26,28). The van der Waals surface area contributed by atoms with Gasteiger partial charge in [-0.1, -0.05) is 42.5 Å². The average molecular weight is 421 g/mol. The zero-order chi connectivity index (χ0) is 21.5. The molecule has 0 bridgehead atoms. The van der Waals surface area contributed by atoms with Crippen LogP contribution in [0.25, 0.3) is 10.8 Å². The fraction of sp³-hybridized carbons (Fsp3) is 0.320. The third-order valence-corrected chi connectivity index (χ3v) is 5.55. The Labute approximate surface area is 182 Å². The zero-order valence-electron chi connectivity index (χ0n) is 17.8. The van der Waals surface area contributed by atoms with Crippen LogP contribution in [0.5, 0.6) is 11.5 Å². The molecule has 4 rings (SSSR count). The van der Waals surface area contributed by atoms with Gasteiger partial charge >= 0.3 is 0 Å². The van der Waals surface area contributed by atoms with Crippen LogP contribution in [0.15, 0.2) is 66.7 Å². The molecule has 162 valence electrons. The SMILES string of the molecule is COc1cccc(C(CNC(=O)COc2ccc3ccccc3c2)N2CCOCC2)c1. The number of nitrogens with zero attached hydrogens (tertiary/aromatic N) is 1. The van der Waals surface area contributed by atoms with Gasteiger partial charge in [-0.25, -0.2) is 0 Å². The first-order valence-corrected chi connectivity index (χ1v) is 10.6. The number of amides is 1. The highest BCUT2D eigenvalue weighted by atomic mass is 16.5. The summed E-state index contributed by atoms with van der Waals surface area (Å²) in [6.45, 7) is 3.51. The molecule has 1 heterocycles. The van der Waals surface area contributed by atoms with E-state index in [2.05, 4.69) is 22.3 Å². The summed E-state index contributed by atoms with van der Waals surface area (Å²) in [4.78, 5) is 14.9. The first kappa shape index (κ1) is 21.2. The summed E-state index contributed by atoms with van der Waals surface area (Å²) >= 11 is 0. The maximum Gasteiger partial charge on any atom is 0.258 e. The van der Waals surface area contributed by atoms with Crippen LogP contribution in [0, 0.1) is 0 Å². The minimum Gasteiger partial charge on any atom is -0.497 e. The maximum atomic E-state index is 12.5. The van der Waals surface area contributed by atoms with Gasteiger partial charge in [0.15, 0.2) is 6.61 Å². The van der Waals surface area contributed by atoms with Crippen LogP contribution in [-0.2, 0) is 9.53 Å². The molecule has 1 aliphatic rings. The fourth-order valence-corrected chi connectivity index (χ4v) is 3.86. The number of morpholine rings is 1. The lowest BCUT2D eigenvalue weighted by Crippen LogP contribution is -2.44. The normalized spacial score (nSPS) is 15.4. The molecular formula is C25H28N2O4. The number of benzene rings is 3. The van der Waals surface area contributed by atoms with E-state index in [0.717, 1.165) is 35.2 Å². The van der Waals surface area contributed by atoms with Crippen LogP contribution in [0.2, 0.25) is 0 Å². The number of hydrogen-bond acceptors (Lipinski definition) is 5. The van der Waals surface area contributed by atoms with Crippen molar-refractivity contribution in [1.29, 1.82) is 0 Å². The van der Waals surface area contributed by atoms with Gasteiger partial charge in [-0.05, 0) is 40.6 Å². The summed E-state index contributed by atoms with van der Waals surface area (Å²) in [6.07, 6.45) is 0. The van der Waals surface area contributed by atoms with Crippen molar-refractivity contribution in [2.24, 2.45) is 0 Å². The highest BCUT2D eigenvalue weighted by Crippen LogP contribution is 2.25. The van der Waals surface area contributed by atoms with Crippen molar-refractivity contribution < 1.29 is 19.0 Å². The lowest BCUT2D eigenvalue weighted by Gasteiger charge is -2.35. The summed E-state index contributed by atoms with van der Waals surface area (Å²) in [5.41, 5.74) is 1.11. The van der Waals surface area contributed by atoms with Crippen molar-refractivity contribution in [3.8, 4) is 11.5 Å². The minimum atomic E-state index is -0.144. The van der Waals surface area contributed by atoms with Gasteiger partial charge in [-0.2, -0.15) is 0 Å². The van der Waals surface area contributed by atoms with E-state index in [1.165, 1.54) is 0 Å². The first-order valence-electron chi connectivity index (χ1n) is 10.6. The molecule has 0 aromatic heterocycles. The van der Waals surface area contributed by atoms with E-state index in [9.17, 15) is 4.79 Å². The average Bonchev–Trinajstić information content (AvgIpc) is 2.83. The second kappa shape index (κ2) is 10.3. The summed E-state index contributed by atoms with van der Waals surface area (Å²) in [5.74, 6) is 1.35. The van der Waals surface area contributed by atoms with Gasteiger partial charge in [0.25, 0.3) is 5.91 Å². The Kier molecular flexibility index (Phi) is 7.02. The van der Waals surface area contributed by atoms with Crippen LogP contribution >= 0.6 is 0 Å². The van der Waals surface area contributed by atoms with Gasteiger partial charge in [-0.15, -0.1) is 0 Å². The molecule has 1 amide bonds. The summed E-state index contributed by atoms with van der Waals surface area (Å²) in [6, 6.07) is 22.0. The zero-order valence-corrected chi connectivity index (χ0v) is 17.8.